The van der Waals surface area contributed by atoms with Crippen molar-refractivity contribution >= 4 is 40.4 Å². The average molecular weight is 601 g/mol. The maximum Gasteiger partial charge on any atom is 0.310 e. The molecule has 1 aliphatic heterocycles. The van der Waals surface area contributed by atoms with Gasteiger partial charge in [-0.05, 0) is 43.4 Å². The Morgan fingerprint density at radius 2 is 1.81 bits per heavy atom. The van der Waals surface area contributed by atoms with Crippen molar-refractivity contribution in [1.82, 2.24) is 20.9 Å². The molecule has 1 aromatic heterocycles. The standard InChI is InChI=1S/C31H44N4O8/c1-7-27(43-31(40)18(4)5)42-16-25(36)22(14-19-11-12-32-28(19)37)34-29(38)23(13-17(2)3)35-30(39)24-15-20-21(33-24)9-8-10-26(20)41-6/h8-10,15,17-19,22-23,27,33H,7,11-14,16H2,1-6H3,(H,32,37)(H,34,38)(H,35,39)/t19-,22-,23-,27-/m0/s1. The Hall–Kier alpha value is -3.93. The van der Waals surface area contributed by atoms with Gasteiger partial charge in [0.25, 0.3) is 5.91 Å². The summed E-state index contributed by atoms with van der Waals surface area (Å²) in [6, 6.07) is 5.06. The first kappa shape index (κ1) is 33.6. The van der Waals surface area contributed by atoms with Gasteiger partial charge in [-0.2, -0.15) is 0 Å². The van der Waals surface area contributed by atoms with E-state index in [-0.39, 0.29) is 29.9 Å². The molecule has 2 aromatic rings. The smallest absolute Gasteiger partial charge is 0.310 e. The van der Waals surface area contributed by atoms with Crippen molar-refractivity contribution in [2.45, 2.75) is 78.7 Å². The molecule has 43 heavy (non-hydrogen) atoms. The highest BCUT2D eigenvalue weighted by Crippen LogP contribution is 2.26. The summed E-state index contributed by atoms with van der Waals surface area (Å²) in [5.74, 6) is -2.33. The Bertz CT molecular complexity index is 1300. The zero-order chi connectivity index (χ0) is 31.7. The lowest BCUT2D eigenvalue weighted by Crippen LogP contribution is -2.53. The number of fused-ring (bicyclic) bond motifs is 1. The van der Waals surface area contributed by atoms with Gasteiger partial charge in [-0.15, -0.1) is 0 Å². The largest absolute Gasteiger partial charge is 0.496 e. The molecule has 0 bridgehead atoms. The van der Waals surface area contributed by atoms with E-state index < -0.39 is 54.5 Å². The molecule has 1 aliphatic rings. The molecule has 0 unspecified atom stereocenters. The molecule has 12 heteroatoms. The number of hydrogen-bond acceptors (Lipinski definition) is 8. The summed E-state index contributed by atoms with van der Waals surface area (Å²) < 4.78 is 16.3. The first-order valence-corrected chi connectivity index (χ1v) is 14.8. The Kier molecular flexibility index (Phi) is 12.1. The molecule has 0 saturated carbocycles. The molecule has 0 spiro atoms. The van der Waals surface area contributed by atoms with Crippen molar-refractivity contribution in [3.8, 4) is 5.75 Å². The van der Waals surface area contributed by atoms with Crippen molar-refractivity contribution < 1.29 is 38.2 Å². The molecule has 4 N–H and O–H groups in total. The summed E-state index contributed by atoms with van der Waals surface area (Å²) in [5, 5.41) is 9.05. The van der Waals surface area contributed by atoms with E-state index in [1.54, 1.807) is 46.1 Å². The van der Waals surface area contributed by atoms with Gasteiger partial charge in [-0.1, -0.05) is 40.7 Å². The molecule has 4 atom stereocenters. The van der Waals surface area contributed by atoms with Crippen LogP contribution in [0, 0.1) is 17.8 Å². The average Bonchev–Trinajstić information content (AvgIpc) is 3.59. The minimum atomic E-state index is -1.05. The maximum absolute atomic E-state index is 13.6. The summed E-state index contributed by atoms with van der Waals surface area (Å²) in [5.41, 5.74) is 0.964. The second kappa shape index (κ2) is 15.5. The summed E-state index contributed by atoms with van der Waals surface area (Å²) in [6.45, 7) is 9.04. The number of carbonyl (C=O) groups is 5. The third-order valence-corrected chi connectivity index (χ3v) is 7.27. The lowest BCUT2D eigenvalue weighted by molar-refractivity contribution is -0.184. The second-order valence-corrected chi connectivity index (χ2v) is 11.5. The molecular formula is C31H44N4O8. The summed E-state index contributed by atoms with van der Waals surface area (Å²) >= 11 is 0. The number of rotatable bonds is 16. The van der Waals surface area contributed by atoms with Gasteiger partial charge in [0, 0.05) is 29.8 Å². The van der Waals surface area contributed by atoms with E-state index >= 15 is 0 Å². The molecular weight excluding hydrogens is 556 g/mol. The van der Waals surface area contributed by atoms with Crippen molar-refractivity contribution in [1.29, 1.82) is 0 Å². The van der Waals surface area contributed by atoms with Gasteiger partial charge in [-0.3, -0.25) is 24.0 Å². The van der Waals surface area contributed by atoms with Gasteiger partial charge in [0.2, 0.25) is 18.1 Å². The van der Waals surface area contributed by atoms with Gasteiger partial charge in [0.1, 0.15) is 24.1 Å². The van der Waals surface area contributed by atoms with E-state index in [0.29, 0.717) is 37.1 Å². The normalized spacial score (nSPS) is 16.9. The number of carbonyl (C=O) groups excluding carboxylic acids is 5. The summed E-state index contributed by atoms with van der Waals surface area (Å²) in [6.07, 6.45) is 0.320. The van der Waals surface area contributed by atoms with Crippen molar-refractivity contribution in [2.24, 2.45) is 17.8 Å². The molecule has 3 amide bonds. The van der Waals surface area contributed by atoms with Crippen LogP contribution in [-0.2, 0) is 28.7 Å². The number of ketones is 1. The first-order chi connectivity index (χ1) is 20.4. The minimum absolute atomic E-state index is 0.0397. The van der Waals surface area contributed by atoms with E-state index in [9.17, 15) is 24.0 Å². The SMILES string of the molecule is CC[C@@H](OCC(=O)[C@H](C[C@@H]1CCNC1=O)NC(=O)[C@H](CC(C)C)NC(=O)c1cc2c(OC)cccc2[nH]1)OC(=O)C(C)C. The minimum Gasteiger partial charge on any atom is -0.496 e. The number of esters is 1. The maximum atomic E-state index is 13.6. The van der Waals surface area contributed by atoms with E-state index in [1.807, 2.05) is 19.9 Å². The Balaban J connectivity index is 1.75. The van der Waals surface area contributed by atoms with E-state index in [4.69, 9.17) is 14.2 Å². The Morgan fingerprint density at radius 1 is 1.07 bits per heavy atom. The van der Waals surface area contributed by atoms with Crippen LogP contribution in [-0.4, -0.2) is 73.1 Å². The number of methoxy groups -OCH3 is 1. The van der Waals surface area contributed by atoms with Gasteiger partial charge >= 0.3 is 5.97 Å². The number of amides is 3. The topological polar surface area (TPSA) is 165 Å². The summed E-state index contributed by atoms with van der Waals surface area (Å²) in [4.78, 5) is 67.6. The second-order valence-electron chi connectivity index (χ2n) is 11.5. The number of aromatic nitrogens is 1. The zero-order valence-electron chi connectivity index (χ0n) is 25.8. The number of aromatic amines is 1. The third kappa shape index (κ3) is 9.28. The van der Waals surface area contributed by atoms with Crippen molar-refractivity contribution in [2.75, 3.05) is 20.3 Å². The van der Waals surface area contributed by atoms with Crippen LogP contribution in [0.25, 0.3) is 10.9 Å². The molecule has 0 radical (unpaired) electrons. The van der Waals surface area contributed by atoms with Crippen LogP contribution in [0.1, 0.15) is 70.8 Å². The van der Waals surface area contributed by atoms with Crippen LogP contribution < -0.4 is 20.7 Å². The first-order valence-electron chi connectivity index (χ1n) is 14.8. The fraction of sp³-hybridized carbons (Fsp3) is 0.581. The van der Waals surface area contributed by atoms with Crippen molar-refractivity contribution in [3.05, 3.63) is 30.0 Å². The number of H-pyrrole nitrogens is 1. The quantitative estimate of drug-likeness (QED) is 0.169. The van der Waals surface area contributed by atoms with Crippen LogP contribution in [0.4, 0.5) is 0 Å². The van der Waals surface area contributed by atoms with Gasteiger partial charge < -0.3 is 35.1 Å². The van der Waals surface area contributed by atoms with Crippen LogP contribution in [0.15, 0.2) is 24.3 Å². The predicted octanol–water partition coefficient (Wildman–Crippen LogP) is 2.85. The van der Waals surface area contributed by atoms with Gasteiger partial charge in [0.15, 0.2) is 5.78 Å². The van der Waals surface area contributed by atoms with Crippen molar-refractivity contribution in [3.63, 3.8) is 0 Å². The molecule has 2 heterocycles. The monoisotopic (exact) mass is 600 g/mol. The van der Waals surface area contributed by atoms with Crippen LogP contribution in [0.5, 0.6) is 5.75 Å². The molecule has 3 rings (SSSR count). The fourth-order valence-corrected chi connectivity index (χ4v) is 4.84. The molecule has 0 aliphatic carbocycles. The van der Waals surface area contributed by atoms with E-state index in [0.717, 1.165) is 5.39 Å². The number of hydrogen-bond donors (Lipinski definition) is 4. The Morgan fingerprint density at radius 3 is 2.42 bits per heavy atom. The van der Waals surface area contributed by atoms with Crippen LogP contribution >= 0.6 is 0 Å². The number of benzene rings is 1. The lowest BCUT2D eigenvalue weighted by Gasteiger charge is -2.25. The van der Waals surface area contributed by atoms with Gasteiger partial charge in [-0.25, -0.2) is 0 Å². The highest BCUT2D eigenvalue weighted by molar-refractivity contribution is 6.02. The molecule has 1 fully saturated rings. The summed E-state index contributed by atoms with van der Waals surface area (Å²) in [7, 11) is 1.54. The number of Topliss-reactive ketones (excluding diaryl/α,β-unsaturated/α-hetero) is 1. The van der Waals surface area contributed by atoms with Crippen LogP contribution in [0.3, 0.4) is 0 Å². The molecule has 12 nitrogen and oxygen atoms in total. The highest BCUT2D eigenvalue weighted by atomic mass is 16.7. The lowest BCUT2D eigenvalue weighted by atomic mass is 9.95. The van der Waals surface area contributed by atoms with E-state index in [2.05, 4.69) is 20.9 Å². The molecule has 236 valence electrons. The third-order valence-electron chi connectivity index (χ3n) is 7.27. The number of ether oxygens (including phenoxy) is 3. The van der Waals surface area contributed by atoms with E-state index in [1.165, 1.54) is 0 Å². The van der Waals surface area contributed by atoms with Gasteiger partial charge in [0.05, 0.1) is 19.1 Å². The Labute approximate surface area is 252 Å². The highest BCUT2D eigenvalue weighted by Gasteiger charge is 2.34. The number of nitrogens with one attached hydrogen (secondary N) is 4. The molecule has 1 aromatic carbocycles. The fourth-order valence-electron chi connectivity index (χ4n) is 4.84. The van der Waals surface area contributed by atoms with Crippen LogP contribution in [0.2, 0.25) is 0 Å². The molecule has 1 saturated heterocycles. The zero-order valence-corrected chi connectivity index (χ0v) is 25.8. The predicted molar refractivity (Wildman–Crippen MR) is 159 cm³/mol.